The van der Waals surface area contributed by atoms with Crippen LogP contribution in [0.15, 0.2) is 11.6 Å². The Kier molecular flexibility index (Phi) is 19.0. The zero-order valence-electron chi connectivity index (χ0n) is 38.4. The molecular formula is C51H90O7. The standard InChI is InChI=1S/C51H90O7/c1-8-10-11-12-13-14-15-16-17-18-19-20-21-22-45(52)56-34-44-46(53)47(54)48(55)49(58-44)57-39-29-31-50(6)38(33-39)25-26-40-42-28-27-41(51(42,7)32-30-43(40)50)36(5)23-24-37(9-2)35(3)4/h25,35-37,39-44,46-49,53-55H,8-24,26-34H2,1-7H3/t36?,37-,39+,40?,41-,42+,43+,44-,46-,47+,48-,49-,50+,51-/m1/s1. The first kappa shape index (κ1) is 48.0. The van der Waals surface area contributed by atoms with Crippen molar-refractivity contribution < 1.29 is 34.3 Å². The lowest BCUT2D eigenvalue weighted by molar-refractivity contribution is -0.313. The number of ether oxygens (including phenoxy) is 3. The lowest BCUT2D eigenvalue weighted by Gasteiger charge is -2.58. The minimum Gasteiger partial charge on any atom is -0.463 e. The number of hydrogen-bond acceptors (Lipinski definition) is 7. The summed E-state index contributed by atoms with van der Waals surface area (Å²) in [6.07, 6.45) is 26.1. The molecule has 0 aromatic rings. The van der Waals surface area contributed by atoms with Gasteiger partial charge in [0.25, 0.3) is 0 Å². The minimum atomic E-state index is -1.44. The molecule has 0 amide bonds. The van der Waals surface area contributed by atoms with Crippen molar-refractivity contribution in [3.8, 4) is 0 Å². The second kappa shape index (κ2) is 22.9. The SMILES string of the molecule is CCCCCCCCCCCCCCCC(=O)OC[C@H]1O[C@@H](O[C@H]2CC[C@@]3(C)C(=CCC4[C@@H]5CC[C@H](C(C)CC[C@@H](CC)C(C)C)[C@@]5(C)CC[C@@H]43)C2)[C@H](O)[C@@H](O)[C@@H]1O. The largest absolute Gasteiger partial charge is 0.463 e. The highest BCUT2D eigenvalue weighted by Gasteiger charge is 2.59. The van der Waals surface area contributed by atoms with E-state index in [1.807, 2.05) is 0 Å². The Hall–Kier alpha value is -0.990. The van der Waals surface area contributed by atoms with Crippen LogP contribution in [-0.4, -0.2) is 64.7 Å². The van der Waals surface area contributed by atoms with Crippen molar-refractivity contribution in [1.82, 2.24) is 0 Å². The van der Waals surface area contributed by atoms with Crippen molar-refractivity contribution in [2.75, 3.05) is 6.61 Å². The number of unbranched alkanes of at least 4 members (excludes halogenated alkanes) is 12. The summed E-state index contributed by atoms with van der Waals surface area (Å²) in [4.78, 5) is 12.6. The lowest BCUT2D eigenvalue weighted by Crippen LogP contribution is -2.60. The third-order valence-electron chi connectivity index (χ3n) is 17.2. The lowest BCUT2D eigenvalue weighted by atomic mass is 9.47. The quantitative estimate of drug-likeness (QED) is 0.0506. The Morgan fingerprint density at radius 3 is 2.09 bits per heavy atom. The molecule has 1 saturated heterocycles. The number of aliphatic hydroxyl groups is 3. The predicted octanol–water partition coefficient (Wildman–Crippen LogP) is 11.9. The number of esters is 1. The van der Waals surface area contributed by atoms with Crippen LogP contribution in [0.1, 0.15) is 209 Å². The molecule has 5 rings (SSSR count). The Balaban J connectivity index is 1.04. The molecule has 7 nitrogen and oxygen atoms in total. The van der Waals surface area contributed by atoms with Gasteiger partial charge in [-0.1, -0.05) is 150 Å². The van der Waals surface area contributed by atoms with Gasteiger partial charge in [0.2, 0.25) is 0 Å². The van der Waals surface area contributed by atoms with Gasteiger partial charge in [-0.25, -0.2) is 0 Å². The van der Waals surface area contributed by atoms with E-state index in [1.54, 1.807) is 0 Å². The van der Waals surface area contributed by atoms with Crippen molar-refractivity contribution in [2.45, 2.75) is 246 Å². The maximum absolute atomic E-state index is 12.6. The van der Waals surface area contributed by atoms with E-state index >= 15 is 0 Å². The molecule has 4 aliphatic carbocycles. The molecule has 1 heterocycles. The zero-order valence-corrected chi connectivity index (χ0v) is 38.4. The summed E-state index contributed by atoms with van der Waals surface area (Å²) in [5.74, 6) is 5.24. The predicted molar refractivity (Wildman–Crippen MR) is 235 cm³/mol. The molecule has 5 aliphatic rings. The van der Waals surface area contributed by atoms with Crippen molar-refractivity contribution in [1.29, 1.82) is 0 Å². The van der Waals surface area contributed by atoms with Gasteiger partial charge in [0.15, 0.2) is 6.29 Å². The van der Waals surface area contributed by atoms with Gasteiger partial charge in [-0.3, -0.25) is 4.79 Å². The highest BCUT2D eigenvalue weighted by Crippen LogP contribution is 2.67. The van der Waals surface area contributed by atoms with Crippen LogP contribution in [0.2, 0.25) is 0 Å². The number of aliphatic hydroxyl groups excluding tert-OH is 3. The second-order valence-electron chi connectivity index (χ2n) is 21.1. The van der Waals surface area contributed by atoms with Gasteiger partial charge >= 0.3 is 5.97 Å². The first-order valence-corrected chi connectivity index (χ1v) is 25.0. The van der Waals surface area contributed by atoms with Crippen LogP contribution < -0.4 is 0 Å². The smallest absolute Gasteiger partial charge is 0.305 e. The molecule has 7 heteroatoms. The zero-order chi connectivity index (χ0) is 41.9. The molecule has 0 aromatic carbocycles. The fourth-order valence-electron chi connectivity index (χ4n) is 13.3. The summed E-state index contributed by atoms with van der Waals surface area (Å²) in [5.41, 5.74) is 2.13. The topological polar surface area (TPSA) is 105 Å². The summed E-state index contributed by atoms with van der Waals surface area (Å²) in [6.45, 7) is 17.0. The van der Waals surface area contributed by atoms with Crippen molar-refractivity contribution in [3.05, 3.63) is 11.6 Å². The normalized spacial score (nSPS) is 37.1. The van der Waals surface area contributed by atoms with Gasteiger partial charge in [-0.05, 0) is 116 Å². The maximum atomic E-state index is 12.6. The highest BCUT2D eigenvalue weighted by molar-refractivity contribution is 5.69. The van der Waals surface area contributed by atoms with E-state index in [0.29, 0.717) is 17.8 Å². The molecule has 3 N–H and O–H groups in total. The molecule has 0 aromatic heterocycles. The van der Waals surface area contributed by atoms with E-state index in [-0.39, 0.29) is 24.1 Å². The van der Waals surface area contributed by atoms with Gasteiger partial charge in [0.1, 0.15) is 31.0 Å². The number of carbonyl (C=O) groups is 1. The van der Waals surface area contributed by atoms with E-state index in [0.717, 1.165) is 80.5 Å². The molecule has 3 saturated carbocycles. The van der Waals surface area contributed by atoms with Crippen LogP contribution in [-0.2, 0) is 19.0 Å². The molecule has 0 radical (unpaired) electrons. The Labute approximate surface area is 355 Å². The van der Waals surface area contributed by atoms with Crippen LogP contribution in [0, 0.1) is 52.3 Å². The number of allylic oxidation sites excluding steroid dienone is 1. The average molecular weight is 815 g/mol. The van der Waals surface area contributed by atoms with Gasteiger partial charge in [-0.2, -0.15) is 0 Å². The highest BCUT2D eigenvalue weighted by atomic mass is 16.7. The Bertz CT molecular complexity index is 1250. The summed E-state index contributed by atoms with van der Waals surface area (Å²) >= 11 is 0. The van der Waals surface area contributed by atoms with E-state index in [2.05, 4.69) is 54.5 Å². The Morgan fingerprint density at radius 1 is 0.793 bits per heavy atom. The van der Waals surface area contributed by atoms with Gasteiger partial charge in [-0.15, -0.1) is 0 Å². The summed E-state index contributed by atoms with van der Waals surface area (Å²) in [6, 6.07) is 0. The Morgan fingerprint density at radius 2 is 1.45 bits per heavy atom. The molecule has 2 unspecified atom stereocenters. The average Bonchev–Trinajstić information content (AvgIpc) is 3.56. The first-order valence-electron chi connectivity index (χ1n) is 25.0. The third-order valence-corrected chi connectivity index (χ3v) is 17.2. The molecule has 0 bridgehead atoms. The van der Waals surface area contributed by atoms with E-state index in [4.69, 9.17) is 14.2 Å². The van der Waals surface area contributed by atoms with Gasteiger partial charge in [0.05, 0.1) is 6.10 Å². The molecule has 1 aliphatic heterocycles. The van der Waals surface area contributed by atoms with E-state index in [1.165, 1.54) is 115 Å². The molecule has 4 fully saturated rings. The van der Waals surface area contributed by atoms with Crippen molar-refractivity contribution in [3.63, 3.8) is 0 Å². The minimum absolute atomic E-state index is 0.139. The van der Waals surface area contributed by atoms with E-state index in [9.17, 15) is 20.1 Å². The van der Waals surface area contributed by atoms with Crippen LogP contribution in [0.5, 0.6) is 0 Å². The monoisotopic (exact) mass is 815 g/mol. The molecule has 0 spiro atoms. The molecule has 336 valence electrons. The van der Waals surface area contributed by atoms with Gasteiger partial charge < -0.3 is 29.5 Å². The number of rotatable bonds is 24. The summed E-state index contributed by atoms with van der Waals surface area (Å²) in [7, 11) is 0. The van der Waals surface area contributed by atoms with E-state index < -0.39 is 30.7 Å². The molecular weight excluding hydrogens is 725 g/mol. The fourth-order valence-corrected chi connectivity index (χ4v) is 13.3. The molecule has 58 heavy (non-hydrogen) atoms. The maximum Gasteiger partial charge on any atom is 0.305 e. The van der Waals surface area contributed by atoms with Gasteiger partial charge in [0, 0.05) is 6.42 Å². The summed E-state index contributed by atoms with van der Waals surface area (Å²) in [5, 5.41) is 32.5. The number of carbonyl (C=O) groups excluding carboxylic acids is 1. The number of fused-ring (bicyclic) bond motifs is 5. The number of hydrogen-bond donors (Lipinski definition) is 3. The summed E-state index contributed by atoms with van der Waals surface area (Å²) < 4.78 is 18.0. The first-order chi connectivity index (χ1) is 27.8. The van der Waals surface area contributed by atoms with Crippen LogP contribution in [0.4, 0.5) is 0 Å². The van der Waals surface area contributed by atoms with Crippen molar-refractivity contribution in [2.24, 2.45) is 52.3 Å². The van der Waals surface area contributed by atoms with Crippen LogP contribution in [0.3, 0.4) is 0 Å². The fraction of sp³-hybridized carbons (Fsp3) is 0.941. The van der Waals surface area contributed by atoms with Crippen LogP contribution in [0.25, 0.3) is 0 Å². The molecule has 14 atom stereocenters. The third kappa shape index (κ3) is 11.9. The van der Waals surface area contributed by atoms with Crippen LogP contribution >= 0.6 is 0 Å². The van der Waals surface area contributed by atoms with Crippen molar-refractivity contribution >= 4 is 5.97 Å². The second-order valence-corrected chi connectivity index (χ2v) is 21.1.